The average Bonchev–Trinajstić information content (AvgIpc) is 3.19. The van der Waals surface area contributed by atoms with Gasteiger partial charge in [0, 0.05) is 11.6 Å². The third-order valence-electron chi connectivity index (χ3n) is 5.82. The highest BCUT2D eigenvalue weighted by atomic mass is 15.2. The number of hydrogen-bond donors (Lipinski definition) is 0. The molecular formula is C20H42N2. The quantitative estimate of drug-likeness (QED) is 0.693. The van der Waals surface area contributed by atoms with Gasteiger partial charge in [0.1, 0.15) is 0 Å². The number of fused-ring (bicyclic) bond motifs is 1. The summed E-state index contributed by atoms with van der Waals surface area (Å²) in [6, 6.07) is 0.912. The smallest absolute Gasteiger partial charge is 0.0210 e. The fourth-order valence-corrected chi connectivity index (χ4v) is 4.78. The molecule has 3 rings (SSSR count). The largest absolute Gasteiger partial charge is 0.303 e. The molecule has 3 heterocycles. The van der Waals surface area contributed by atoms with Crippen molar-refractivity contribution < 1.29 is 0 Å². The highest BCUT2D eigenvalue weighted by molar-refractivity contribution is 4.99. The lowest BCUT2D eigenvalue weighted by Gasteiger charge is -2.31. The summed E-state index contributed by atoms with van der Waals surface area (Å²) in [5.74, 6) is 0. The van der Waals surface area contributed by atoms with Gasteiger partial charge in [-0.1, -0.05) is 40.5 Å². The third-order valence-corrected chi connectivity index (χ3v) is 5.82. The van der Waals surface area contributed by atoms with Crippen molar-refractivity contribution in [2.24, 2.45) is 0 Å². The zero-order valence-electron chi connectivity index (χ0n) is 16.2. The van der Waals surface area contributed by atoms with Gasteiger partial charge in [0.05, 0.1) is 0 Å². The molecule has 0 aromatic carbocycles. The van der Waals surface area contributed by atoms with E-state index < -0.39 is 0 Å². The maximum Gasteiger partial charge on any atom is 0.0210 e. The van der Waals surface area contributed by atoms with Crippen LogP contribution in [-0.4, -0.2) is 48.1 Å². The molecule has 22 heavy (non-hydrogen) atoms. The van der Waals surface area contributed by atoms with E-state index in [1.54, 1.807) is 0 Å². The molecular weight excluding hydrogens is 268 g/mol. The van der Waals surface area contributed by atoms with Crippen LogP contribution in [0.15, 0.2) is 0 Å². The van der Waals surface area contributed by atoms with E-state index >= 15 is 0 Å². The van der Waals surface area contributed by atoms with Crippen molar-refractivity contribution in [2.45, 2.75) is 103 Å². The molecule has 0 amide bonds. The van der Waals surface area contributed by atoms with Crippen LogP contribution in [0.5, 0.6) is 0 Å². The molecule has 3 saturated heterocycles. The first kappa shape index (κ1) is 20.0. The number of hydrogen-bond acceptors (Lipinski definition) is 2. The highest BCUT2D eigenvalue weighted by Crippen LogP contribution is 2.41. The lowest BCUT2D eigenvalue weighted by atomic mass is 9.89. The Kier molecular flexibility index (Phi) is 9.66. The van der Waals surface area contributed by atoms with Crippen molar-refractivity contribution >= 4 is 0 Å². The Morgan fingerprint density at radius 2 is 1.55 bits per heavy atom. The first-order valence-electron chi connectivity index (χ1n) is 10.2. The molecule has 3 fully saturated rings. The molecule has 1 atom stereocenters. The van der Waals surface area contributed by atoms with Crippen LogP contribution in [-0.2, 0) is 0 Å². The number of likely N-dealkylation sites (tertiary alicyclic amines) is 1. The minimum atomic E-state index is 0.689. The van der Waals surface area contributed by atoms with E-state index in [0.29, 0.717) is 5.54 Å². The van der Waals surface area contributed by atoms with Gasteiger partial charge in [-0.15, -0.1) is 0 Å². The second kappa shape index (κ2) is 10.6. The van der Waals surface area contributed by atoms with Crippen LogP contribution in [0.2, 0.25) is 0 Å². The van der Waals surface area contributed by atoms with Gasteiger partial charge in [0.15, 0.2) is 0 Å². The van der Waals surface area contributed by atoms with Crippen LogP contribution in [0.1, 0.15) is 91.9 Å². The Morgan fingerprint density at radius 3 is 2.00 bits per heavy atom. The Bertz CT molecular complexity index is 267. The van der Waals surface area contributed by atoms with Crippen molar-refractivity contribution in [1.82, 2.24) is 9.80 Å². The van der Waals surface area contributed by atoms with Crippen LogP contribution in [0.3, 0.4) is 0 Å². The Balaban J connectivity index is 0.000000202. The summed E-state index contributed by atoms with van der Waals surface area (Å²) in [7, 11) is 2.24. The van der Waals surface area contributed by atoms with Gasteiger partial charge in [-0.3, -0.25) is 4.90 Å². The fourth-order valence-electron chi connectivity index (χ4n) is 4.78. The van der Waals surface area contributed by atoms with Gasteiger partial charge in [-0.05, 0) is 78.0 Å². The molecule has 0 aliphatic carbocycles. The van der Waals surface area contributed by atoms with E-state index in [9.17, 15) is 0 Å². The highest BCUT2D eigenvalue weighted by Gasteiger charge is 2.42. The molecule has 0 aromatic rings. The summed E-state index contributed by atoms with van der Waals surface area (Å²) in [6.45, 7) is 12.7. The monoisotopic (exact) mass is 310 g/mol. The summed E-state index contributed by atoms with van der Waals surface area (Å²) >= 11 is 0. The minimum absolute atomic E-state index is 0.689. The molecule has 132 valence electrons. The molecule has 2 heteroatoms. The maximum absolute atomic E-state index is 2.75. The SMILES string of the molecule is CC.CCCC12CCCN1CCC2.CCCC1CCCN1C. The van der Waals surface area contributed by atoms with E-state index in [-0.39, 0.29) is 0 Å². The summed E-state index contributed by atoms with van der Waals surface area (Å²) < 4.78 is 0. The summed E-state index contributed by atoms with van der Waals surface area (Å²) in [5.41, 5.74) is 0.689. The zero-order valence-corrected chi connectivity index (χ0v) is 16.2. The van der Waals surface area contributed by atoms with Gasteiger partial charge < -0.3 is 4.90 Å². The molecule has 1 unspecified atom stereocenters. The Labute approximate surface area is 140 Å². The lowest BCUT2D eigenvalue weighted by molar-refractivity contribution is 0.181. The first-order valence-corrected chi connectivity index (χ1v) is 10.2. The van der Waals surface area contributed by atoms with E-state index in [1.807, 2.05) is 13.8 Å². The van der Waals surface area contributed by atoms with Crippen LogP contribution < -0.4 is 0 Å². The standard InChI is InChI=1S/C10H19N.C8H17N.C2H6/c1-2-5-10-6-3-8-11(10)9-4-7-10;1-3-5-8-6-4-7-9(8)2;1-2/h2-9H2,1H3;8H,3-7H2,1-2H3;1-2H3. The van der Waals surface area contributed by atoms with Crippen molar-refractivity contribution in [3.05, 3.63) is 0 Å². The summed E-state index contributed by atoms with van der Waals surface area (Å²) in [6.07, 6.45) is 14.3. The molecule has 3 aliphatic heterocycles. The second-order valence-corrected chi connectivity index (χ2v) is 7.23. The van der Waals surface area contributed by atoms with Crippen LogP contribution in [0.4, 0.5) is 0 Å². The van der Waals surface area contributed by atoms with E-state index in [4.69, 9.17) is 0 Å². The van der Waals surface area contributed by atoms with Gasteiger partial charge in [-0.25, -0.2) is 0 Å². The van der Waals surface area contributed by atoms with E-state index in [1.165, 1.54) is 83.8 Å². The minimum Gasteiger partial charge on any atom is -0.303 e. The predicted molar refractivity (Wildman–Crippen MR) is 99.6 cm³/mol. The third kappa shape index (κ3) is 5.23. The second-order valence-electron chi connectivity index (χ2n) is 7.23. The number of rotatable bonds is 4. The summed E-state index contributed by atoms with van der Waals surface area (Å²) in [4.78, 5) is 5.24. The predicted octanol–water partition coefficient (Wildman–Crippen LogP) is 5.32. The molecule has 0 radical (unpaired) electrons. The van der Waals surface area contributed by atoms with E-state index in [2.05, 4.69) is 30.7 Å². The fraction of sp³-hybridized carbons (Fsp3) is 1.00. The van der Waals surface area contributed by atoms with Crippen LogP contribution in [0.25, 0.3) is 0 Å². The molecule has 0 aromatic heterocycles. The average molecular weight is 311 g/mol. The van der Waals surface area contributed by atoms with Gasteiger partial charge in [0.2, 0.25) is 0 Å². The van der Waals surface area contributed by atoms with E-state index in [0.717, 1.165) is 6.04 Å². The van der Waals surface area contributed by atoms with Crippen molar-refractivity contribution in [3.63, 3.8) is 0 Å². The van der Waals surface area contributed by atoms with Crippen molar-refractivity contribution in [1.29, 1.82) is 0 Å². The van der Waals surface area contributed by atoms with Crippen LogP contribution in [0, 0.1) is 0 Å². The summed E-state index contributed by atoms with van der Waals surface area (Å²) in [5, 5.41) is 0. The van der Waals surface area contributed by atoms with Gasteiger partial charge in [0.25, 0.3) is 0 Å². The maximum atomic E-state index is 2.75. The lowest BCUT2D eigenvalue weighted by Crippen LogP contribution is -2.37. The molecule has 0 N–H and O–H groups in total. The molecule has 0 spiro atoms. The zero-order chi connectivity index (χ0) is 16.4. The topological polar surface area (TPSA) is 6.48 Å². The first-order chi connectivity index (χ1) is 10.7. The van der Waals surface area contributed by atoms with Crippen molar-refractivity contribution in [2.75, 3.05) is 26.7 Å². The van der Waals surface area contributed by atoms with Gasteiger partial charge >= 0.3 is 0 Å². The van der Waals surface area contributed by atoms with Gasteiger partial charge in [-0.2, -0.15) is 0 Å². The molecule has 3 aliphatic rings. The Hall–Kier alpha value is -0.0800. The molecule has 0 bridgehead atoms. The number of nitrogens with zero attached hydrogens (tertiary/aromatic N) is 2. The molecule has 0 saturated carbocycles. The molecule has 2 nitrogen and oxygen atoms in total. The normalized spacial score (nSPS) is 26.9. The van der Waals surface area contributed by atoms with Crippen molar-refractivity contribution in [3.8, 4) is 0 Å². The van der Waals surface area contributed by atoms with Crippen LogP contribution >= 0.6 is 0 Å². The Morgan fingerprint density at radius 1 is 0.909 bits per heavy atom.